The number of ether oxygens (including phenoxy) is 2. The van der Waals surface area contributed by atoms with E-state index in [9.17, 15) is 4.79 Å². The molecule has 5 rings (SSSR count). The molecular weight excluding hydrogens is 452 g/mol. The molecule has 35 heavy (non-hydrogen) atoms. The molecule has 0 heterocycles. The summed E-state index contributed by atoms with van der Waals surface area (Å²) in [6, 6.07) is 25.8. The first-order valence-electron chi connectivity index (χ1n) is 12.6. The molecule has 0 saturated heterocycles. The number of para-hydroxylation sites is 1. The molecule has 1 atom stereocenters. The Bertz CT molecular complexity index is 1180. The van der Waals surface area contributed by atoms with Crippen molar-refractivity contribution in [2.24, 2.45) is 0 Å². The van der Waals surface area contributed by atoms with Crippen LogP contribution in [0.25, 0.3) is 11.1 Å². The van der Waals surface area contributed by atoms with E-state index in [0.29, 0.717) is 18.6 Å². The van der Waals surface area contributed by atoms with Crippen molar-refractivity contribution in [3.63, 3.8) is 0 Å². The van der Waals surface area contributed by atoms with Gasteiger partial charge in [0.2, 0.25) is 0 Å². The Morgan fingerprint density at radius 3 is 2.11 bits per heavy atom. The average Bonchev–Trinajstić information content (AvgIpc) is 2.89. The van der Waals surface area contributed by atoms with Crippen molar-refractivity contribution in [1.29, 1.82) is 0 Å². The van der Waals surface area contributed by atoms with E-state index in [4.69, 9.17) is 21.7 Å². The minimum Gasteiger partial charge on any atom is -0.453 e. The summed E-state index contributed by atoms with van der Waals surface area (Å²) in [7, 11) is 0. The van der Waals surface area contributed by atoms with Gasteiger partial charge in [0.15, 0.2) is 5.78 Å². The Balaban J connectivity index is 0.000000815. The van der Waals surface area contributed by atoms with E-state index in [0.717, 1.165) is 40.7 Å². The van der Waals surface area contributed by atoms with E-state index in [2.05, 4.69) is 18.2 Å². The van der Waals surface area contributed by atoms with Crippen molar-refractivity contribution in [1.82, 2.24) is 0 Å². The molecule has 4 heteroatoms. The third-order valence-electron chi connectivity index (χ3n) is 5.94. The van der Waals surface area contributed by atoms with Crippen LogP contribution >= 0.6 is 12.2 Å². The summed E-state index contributed by atoms with van der Waals surface area (Å²) in [6.07, 6.45) is 2.49. The molecule has 0 saturated carbocycles. The predicted molar refractivity (Wildman–Crippen MR) is 149 cm³/mol. The lowest BCUT2D eigenvalue weighted by atomic mass is 9.76. The number of ketones is 1. The molecule has 0 amide bonds. The third-order valence-corrected chi connectivity index (χ3v) is 6.12. The first-order chi connectivity index (χ1) is 17.2. The molecule has 2 aliphatic carbocycles. The molecule has 2 aliphatic rings. The summed E-state index contributed by atoms with van der Waals surface area (Å²) in [6.45, 7) is 8.00. The summed E-state index contributed by atoms with van der Waals surface area (Å²) < 4.78 is 11.8. The minimum absolute atomic E-state index is 0.114. The number of fused-ring (bicyclic) bond motifs is 4. The predicted octanol–water partition coefficient (Wildman–Crippen LogP) is 7.86. The van der Waals surface area contributed by atoms with E-state index in [-0.39, 0.29) is 17.1 Å². The Hall–Kier alpha value is -3.24. The van der Waals surface area contributed by atoms with Gasteiger partial charge in [0, 0.05) is 30.6 Å². The van der Waals surface area contributed by atoms with Crippen molar-refractivity contribution >= 4 is 34.4 Å². The summed E-state index contributed by atoms with van der Waals surface area (Å²) in [5.74, 6) is 0.826. The Kier molecular flexibility index (Phi) is 9.80. The molecule has 182 valence electrons. The molecular formula is C31H34O3S. The van der Waals surface area contributed by atoms with Crippen LogP contribution in [0.4, 0.5) is 0 Å². The number of benzene rings is 3. The normalized spacial score (nSPS) is 15.9. The van der Waals surface area contributed by atoms with Gasteiger partial charge in [0.25, 0.3) is 0 Å². The van der Waals surface area contributed by atoms with E-state index < -0.39 is 0 Å². The van der Waals surface area contributed by atoms with Crippen LogP contribution in [0, 0.1) is 0 Å². The number of carbonyl (C=O) groups excluding carboxylic acids is 1. The molecule has 0 aliphatic heterocycles. The number of hydrogen-bond acceptors (Lipinski definition) is 4. The van der Waals surface area contributed by atoms with Crippen LogP contribution in [-0.4, -0.2) is 17.1 Å². The van der Waals surface area contributed by atoms with Gasteiger partial charge in [0.1, 0.15) is 11.9 Å². The Morgan fingerprint density at radius 2 is 1.40 bits per heavy atom. The quantitative estimate of drug-likeness (QED) is 0.345. The van der Waals surface area contributed by atoms with Crippen LogP contribution in [0.3, 0.4) is 0 Å². The Morgan fingerprint density at radius 1 is 0.800 bits per heavy atom. The monoisotopic (exact) mass is 486 g/mol. The summed E-state index contributed by atoms with van der Waals surface area (Å²) in [5, 5.41) is 0.114. The van der Waals surface area contributed by atoms with Crippen LogP contribution in [0.1, 0.15) is 62.8 Å². The third kappa shape index (κ3) is 6.26. The molecule has 0 radical (unpaired) electrons. The Labute approximate surface area is 214 Å². The summed E-state index contributed by atoms with van der Waals surface area (Å²) in [4.78, 5) is 13.2. The SMILES string of the molecule is CC.CC.O=C1Cc2ccccc2C2=C1c1ccccc1CCC(OC(=S)Oc1ccccc1)C2. The zero-order valence-electron chi connectivity index (χ0n) is 21.0. The molecule has 1 unspecified atom stereocenters. The molecule has 3 aromatic rings. The maximum atomic E-state index is 13.2. The van der Waals surface area contributed by atoms with E-state index in [1.54, 1.807) is 0 Å². The van der Waals surface area contributed by atoms with Gasteiger partial charge in [-0.1, -0.05) is 94.4 Å². The van der Waals surface area contributed by atoms with E-state index >= 15 is 0 Å². The summed E-state index contributed by atoms with van der Waals surface area (Å²) >= 11 is 5.39. The first kappa shape index (κ1) is 26.4. The van der Waals surface area contributed by atoms with Crippen LogP contribution < -0.4 is 4.74 Å². The van der Waals surface area contributed by atoms with Gasteiger partial charge in [-0.05, 0) is 52.8 Å². The zero-order valence-corrected chi connectivity index (χ0v) is 21.9. The van der Waals surface area contributed by atoms with Crippen molar-refractivity contribution < 1.29 is 14.3 Å². The number of carbonyl (C=O) groups is 1. The second-order valence-corrected chi connectivity index (χ2v) is 8.25. The molecule has 0 spiro atoms. The largest absolute Gasteiger partial charge is 0.453 e. The van der Waals surface area contributed by atoms with Gasteiger partial charge < -0.3 is 9.47 Å². The lowest BCUT2D eigenvalue weighted by Gasteiger charge is -2.30. The number of hydrogen-bond donors (Lipinski definition) is 0. The lowest BCUT2D eigenvalue weighted by molar-refractivity contribution is -0.113. The fourth-order valence-electron chi connectivity index (χ4n) is 4.53. The molecule has 0 bridgehead atoms. The van der Waals surface area contributed by atoms with Crippen molar-refractivity contribution in [2.45, 2.75) is 59.5 Å². The van der Waals surface area contributed by atoms with Gasteiger partial charge >= 0.3 is 5.24 Å². The molecule has 3 aromatic carbocycles. The number of thiocarbonyl (C=S) groups is 1. The highest BCUT2D eigenvalue weighted by molar-refractivity contribution is 7.79. The highest BCUT2D eigenvalue weighted by Gasteiger charge is 2.31. The maximum absolute atomic E-state index is 13.2. The number of Topliss-reactive ketones (excluding diaryl/α,β-unsaturated/α-hetero) is 1. The van der Waals surface area contributed by atoms with Gasteiger partial charge in [-0.15, -0.1) is 0 Å². The van der Waals surface area contributed by atoms with Gasteiger partial charge in [-0.25, -0.2) is 0 Å². The fraction of sp³-hybridized carbons (Fsp3) is 0.290. The van der Waals surface area contributed by atoms with Crippen molar-refractivity contribution in [2.75, 3.05) is 0 Å². The molecule has 0 fully saturated rings. The number of aryl methyl sites for hydroxylation is 1. The second-order valence-electron chi connectivity index (χ2n) is 7.92. The highest BCUT2D eigenvalue weighted by Crippen LogP contribution is 2.41. The van der Waals surface area contributed by atoms with Crippen molar-refractivity contribution in [3.05, 3.63) is 101 Å². The van der Waals surface area contributed by atoms with Gasteiger partial charge in [0.05, 0.1) is 0 Å². The fourth-order valence-corrected chi connectivity index (χ4v) is 4.76. The zero-order chi connectivity index (χ0) is 25.2. The average molecular weight is 487 g/mol. The van der Waals surface area contributed by atoms with Gasteiger partial charge in [-0.2, -0.15) is 0 Å². The van der Waals surface area contributed by atoms with Crippen LogP contribution in [0.2, 0.25) is 0 Å². The standard InChI is InChI=1S/C27H22O3S.2C2H6/c28-25-16-19-9-5-6-12-22(19)24-17-21(30-27(31)29-20-10-2-1-3-11-20)15-14-18-8-4-7-13-23(18)26(24)25;2*1-2/h1-13,21H,14-17H2;2*1-2H3. The number of rotatable bonds is 2. The topological polar surface area (TPSA) is 35.5 Å². The smallest absolute Gasteiger partial charge is 0.358 e. The minimum atomic E-state index is -0.173. The number of allylic oxidation sites excluding steroid dienone is 1. The highest BCUT2D eigenvalue weighted by atomic mass is 32.1. The molecule has 3 nitrogen and oxygen atoms in total. The lowest BCUT2D eigenvalue weighted by Crippen LogP contribution is -2.26. The summed E-state index contributed by atoms with van der Waals surface area (Å²) in [5.41, 5.74) is 6.32. The first-order valence-corrected chi connectivity index (χ1v) is 13.0. The van der Waals surface area contributed by atoms with Crippen LogP contribution in [-0.2, 0) is 22.4 Å². The van der Waals surface area contributed by atoms with Crippen molar-refractivity contribution in [3.8, 4) is 5.75 Å². The van der Waals surface area contributed by atoms with Crippen LogP contribution in [0.15, 0.2) is 78.9 Å². The van der Waals surface area contributed by atoms with E-state index in [1.807, 2.05) is 88.4 Å². The maximum Gasteiger partial charge on any atom is 0.358 e. The van der Waals surface area contributed by atoms with Crippen LogP contribution in [0.5, 0.6) is 5.75 Å². The molecule has 0 aromatic heterocycles. The van der Waals surface area contributed by atoms with E-state index in [1.165, 1.54) is 5.56 Å². The molecule has 0 N–H and O–H groups in total. The second kappa shape index (κ2) is 13.0. The van der Waals surface area contributed by atoms with Gasteiger partial charge in [-0.3, -0.25) is 4.79 Å².